The Hall–Kier alpha value is -1.36. The van der Waals surface area contributed by atoms with Gasteiger partial charge in [-0.1, -0.05) is 0 Å². The Labute approximate surface area is 126 Å². The molecule has 108 valence electrons. The van der Waals surface area contributed by atoms with Crippen molar-refractivity contribution in [1.82, 2.24) is 4.72 Å². The second kappa shape index (κ2) is 6.88. The Morgan fingerprint density at radius 3 is 2.65 bits per heavy atom. The Bertz CT molecular complexity index is 686. The highest BCUT2D eigenvalue weighted by molar-refractivity contribution is 9.10. The number of nitrogens with one attached hydrogen (secondary N) is 1. The van der Waals surface area contributed by atoms with Crippen molar-refractivity contribution in [2.24, 2.45) is 0 Å². The van der Waals surface area contributed by atoms with Crippen LogP contribution in [-0.4, -0.2) is 26.0 Å². The summed E-state index contributed by atoms with van der Waals surface area (Å²) in [6.07, 6.45) is 0.394. The van der Waals surface area contributed by atoms with Gasteiger partial charge in [0.25, 0.3) is 0 Å². The molecule has 0 aliphatic carbocycles. The van der Waals surface area contributed by atoms with Gasteiger partial charge in [0, 0.05) is 17.4 Å². The lowest BCUT2D eigenvalue weighted by atomic mass is 10.1. The van der Waals surface area contributed by atoms with Crippen molar-refractivity contribution < 1.29 is 18.3 Å². The Morgan fingerprint density at radius 2 is 2.10 bits per heavy atom. The zero-order valence-corrected chi connectivity index (χ0v) is 13.4. The Balaban J connectivity index is 3.16. The number of rotatable bonds is 5. The third-order valence-corrected chi connectivity index (χ3v) is 5.28. The van der Waals surface area contributed by atoms with Crippen LogP contribution in [0, 0.1) is 18.8 Å². The van der Waals surface area contributed by atoms with Crippen LogP contribution in [0.1, 0.15) is 29.3 Å². The van der Waals surface area contributed by atoms with Crippen molar-refractivity contribution in [1.29, 1.82) is 0 Å². The van der Waals surface area contributed by atoms with E-state index in [1.807, 2.05) is 0 Å². The molecule has 5 nitrogen and oxygen atoms in total. The van der Waals surface area contributed by atoms with Gasteiger partial charge in [-0.2, -0.15) is 0 Å². The van der Waals surface area contributed by atoms with Gasteiger partial charge in [-0.3, -0.25) is 0 Å². The molecule has 0 amide bonds. The summed E-state index contributed by atoms with van der Waals surface area (Å²) in [6, 6.07) is 2.54. The molecule has 0 saturated heterocycles. The monoisotopic (exact) mass is 359 g/mol. The fraction of sp³-hybridized carbons (Fsp3) is 0.308. The quantitative estimate of drug-likeness (QED) is 0.623. The number of benzene rings is 1. The molecule has 0 atom stereocenters. The average molecular weight is 360 g/mol. The minimum absolute atomic E-state index is 0.0700. The lowest BCUT2D eigenvalue weighted by Crippen LogP contribution is -2.25. The molecule has 0 radical (unpaired) electrons. The Kier molecular flexibility index (Phi) is 5.74. The summed E-state index contributed by atoms with van der Waals surface area (Å²) in [7, 11) is -3.78. The standard InChI is InChI=1S/C13H14BrNO4S/c1-3-4-5-6-15-20(18,19)11-8-10(13(16)17)7-9(2)12(11)14/h7-8,15H,5-6H2,1-2H3,(H,16,17). The molecular formula is C13H14BrNO4S. The third kappa shape index (κ3) is 4.07. The normalized spacial score (nSPS) is 10.8. The first-order chi connectivity index (χ1) is 9.29. The van der Waals surface area contributed by atoms with Gasteiger partial charge in [0.15, 0.2) is 0 Å². The third-order valence-electron chi connectivity index (χ3n) is 2.48. The van der Waals surface area contributed by atoms with E-state index in [1.54, 1.807) is 13.8 Å². The summed E-state index contributed by atoms with van der Waals surface area (Å²) in [5, 5.41) is 8.99. The zero-order chi connectivity index (χ0) is 15.3. The van der Waals surface area contributed by atoms with Crippen LogP contribution in [0.25, 0.3) is 0 Å². The fourth-order valence-electron chi connectivity index (χ4n) is 1.51. The molecule has 0 aliphatic rings. The van der Waals surface area contributed by atoms with E-state index in [9.17, 15) is 13.2 Å². The number of hydrogen-bond donors (Lipinski definition) is 2. The topological polar surface area (TPSA) is 83.5 Å². The van der Waals surface area contributed by atoms with Gasteiger partial charge in [0.1, 0.15) is 0 Å². The van der Waals surface area contributed by atoms with Crippen molar-refractivity contribution in [2.45, 2.75) is 25.2 Å². The van der Waals surface area contributed by atoms with Gasteiger partial charge >= 0.3 is 5.97 Å². The smallest absolute Gasteiger partial charge is 0.335 e. The summed E-state index contributed by atoms with van der Waals surface area (Å²) in [6.45, 7) is 3.48. The SMILES string of the molecule is CC#CCCNS(=O)(=O)c1cc(C(=O)O)cc(C)c1Br. The largest absolute Gasteiger partial charge is 0.478 e. The number of carboxylic acids is 1. The van der Waals surface area contributed by atoms with E-state index in [0.29, 0.717) is 16.5 Å². The van der Waals surface area contributed by atoms with E-state index >= 15 is 0 Å². The highest BCUT2D eigenvalue weighted by Gasteiger charge is 2.21. The maximum atomic E-state index is 12.2. The van der Waals surface area contributed by atoms with E-state index in [4.69, 9.17) is 5.11 Å². The molecular weight excluding hydrogens is 346 g/mol. The summed E-state index contributed by atoms with van der Waals surface area (Å²) < 4.78 is 27.1. The highest BCUT2D eigenvalue weighted by Crippen LogP contribution is 2.27. The minimum Gasteiger partial charge on any atom is -0.478 e. The lowest BCUT2D eigenvalue weighted by molar-refractivity contribution is 0.0696. The lowest BCUT2D eigenvalue weighted by Gasteiger charge is -2.10. The van der Waals surface area contributed by atoms with Crippen LogP contribution in [0.15, 0.2) is 21.5 Å². The predicted molar refractivity (Wildman–Crippen MR) is 79.1 cm³/mol. The van der Waals surface area contributed by atoms with Crippen LogP contribution in [0.4, 0.5) is 0 Å². The fourth-order valence-corrected chi connectivity index (χ4v) is 3.58. The number of carbonyl (C=O) groups is 1. The first-order valence-electron chi connectivity index (χ1n) is 5.72. The average Bonchev–Trinajstić information content (AvgIpc) is 2.37. The number of carboxylic acid groups (broad SMARTS) is 1. The summed E-state index contributed by atoms with van der Waals surface area (Å²) in [4.78, 5) is 10.9. The van der Waals surface area contributed by atoms with E-state index in [1.165, 1.54) is 6.07 Å². The minimum atomic E-state index is -3.78. The molecule has 0 unspecified atom stereocenters. The second-order valence-corrected chi connectivity index (χ2v) is 6.51. The number of aryl methyl sites for hydroxylation is 1. The van der Waals surface area contributed by atoms with Crippen LogP contribution in [0.5, 0.6) is 0 Å². The van der Waals surface area contributed by atoms with Crippen molar-refractivity contribution in [3.8, 4) is 11.8 Å². The van der Waals surface area contributed by atoms with Gasteiger partial charge in [-0.15, -0.1) is 11.8 Å². The van der Waals surface area contributed by atoms with Crippen molar-refractivity contribution in [3.63, 3.8) is 0 Å². The molecule has 0 fully saturated rings. The van der Waals surface area contributed by atoms with Crippen molar-refractivity contribution in [3.05, 3.63) is 27.7 Å². The summed E-state index contributed by atoms with van der Waals surface area (Å²) in [5.74, 6) is 4.24. The summed E-state index contributed by atoms with van der Waals surface area (Å²) >= 11 is 3.18. The number of halogens is 1. The van der Waals surface area contributed by atoms with E-state index in [-0.39, 0.29) is 17.0 Å². The molecule has 7 heteroatoms. The van der Waals surface area contributed by atoms with Crippen molar-refractivity contribution >= 4 is 31.9 Å². The van der Waals surface area contributed by atoms with Gasteiger partial charge < -0.3 is 5.11 Å². The Morgan fingerprint density at radius 1 is 1.45 bits per heavy atom. The first kappa shape index (κ1) is 16.7. The van der Waals surface area contributed by atoms with Crippen LogP contribution >= 0.6 is 15.9 Å². The van der Waals surface area contributed by atoms with Gasteiger partial charge in [0.2, 0.25) is 10.0 Å². The van der Waals surface area contributed by atoms with Crippen LogP contribution in [0.2, 0.25) is 0 Å². The molecule has 0 saturated carbocycles. The summed E-state index contributed by atoms with van der Waals surface area (Å²) in [5.41, 5.74) is 0.470. The number of aromatic carboxylic acids is 1. The molecule has 0 aliphatic heterocycles. The molecule has 20 heavy (non-hydrogen) atoms. The van der Waals surface area contributed by atoms with Gasteiger partial charge in [-0.05, 0) is 47.5 Å². The van der Waals surface area contributed by atoms with E-state index in [0.717, 1.165) is 6.07 Å². The zero-order valence-electron chi connectivity index (χ0n) is 11.0. The predicted octanol–water partition coefficient (Wildman–Crippen LogP) is 2.15. The van der Waals surface area contributed by atoms with Crippen LogP contribution in [-0.2, 0) is 10.0 Å². The number of sulfonamides is 1. The van der Waals surface area contributed by atoms with Crippen molar-refractivity contribution in [2.75, 3.05) is 6.54 Å². The molecule has 0 bridgehead atoms. The first-order valence-corrected chi connectivity index (χ1v) is 8.00. The van der Waals surface area contributed by atoms with Crippen LogP contribution in [0.3, 0.4) is 0 Å². The molecule has 0 heterocycles. The van der Waals surface area contributed by atoms with Gasteiger partial charge in [0.05, 0.1) is 10.5 Å². The molecule has 1 aromatic carbocycles. The highest BCUT2D eigenvalue weighted by atomic mass is 79.9. The van der Waals surface area contributed by atoms with E-state index in [2.05, 4.69) is 32.5 Å². The molecule has 0 spiro atoms. The van der Waals surface area contributed by atoms with Crippen LogP contribution < -0.4 is 4.72 Å². The van der Waals surface area contributed by atoms with E-state index < -0.39 is 16.0 Å². The maximum Gasteiger partial charge on any atom is 0.335 e. The molecule has 0 aromatic heterocycles. The second-order valence-electron chi connectivity index (χ2n) is 3.98. The molecule has 1 rings (SSSR count). The number of hydrogen-bond acceptors (Lipinski definition) is 3. The maximum absolute atomic E-state index is 12.2. The molecule has 1 aromatic rings. The van der Waals surface area contributed by atoms with Gasteiger partial charge in [-0.25, -0.2) is 17.9 Å². The molecule has 2 N–H and O–H groups in total.